The SMILES string of the molecule is C#CCC1(N)C=C(C)CCC1. The third-order valence-corrected chi connectivity index (χ3v) is 2.18. The van der Waals surface area contributed by atoms with Gasteiger partial charge in [-0.25, -0.2) is 0 Å². The molecular weight excluding hydrogens is 134 g/mol. The molecule has 1 aliphatic rings. The van der Waals surface area contributed by atoms with Crippen LogP contribution in [0.4, 0.5) is 0 Å². The molecule has 0 amide bonds. The average molecular weight is 149 g/mol. The van der Waals surface area contributed by atoms with E-state index in [0.717, 1.165) is 6.42 Å². The van der Waals surface area contributed by atoms with Crippen LogP contribution in [-0.4, -0.2) is 5.54 Å². The molecule has 0 heterocycles. The van der Waals surface area contributed by atoms with E-state index in [-0.39, 0.29) is 5.54 Å². The van der Waals surface area contributed by atoms with Crippen LogP contribution in [0.25, 0.3) is 0 Å². The molecule has 0 aromatic heterocycles. The second-order valence-electron chi connectivity index (χ2n) is 3.46. The summed E-state index contributed by atoms with van der Waals surface area (Å²) in [5, 5.41) is 0. The van der Waals surface area contributed by atoms with Crippen molar-refractivity contribution in [3.63, 3.8) is 0 Å². The minimum Gasteiger partial charge on any atom is -0.321 e. The Morgan fingerprint density at radius 3 is 3.09 bits per heavy atom. The molecule has 0 aromatic rings. The number of terminal acetylenes is 1. The monoisotopic (exact) mass is 149 g/mol. The van der Waals surface area contributed by atoms with E-state index in [0.29, 0.717) is 6.42 Å². The highest BCUT2D eigenvalue weighted by molar-refractivity contribution is 5.18. The Labute approximate surface area is 68.7 Å². The first-order valence-corrected chi connectivity index (χ1v) is 4.07. The summed E-state index contributed by atoms with van der Waals surface area (Å²) in [5.41, 5.74) is 7.23. The third kappa shape index (κ3) is 2.10. The molecule has 1 rings (SSSR count). The zero-order chi connectivity index (χ0) is 8.32. The molecule has 0 saturated carbocycles. The number of allylic oxidation sites excluding steroid dienone is 1. The van der Waals surface area contributed by atoms with Gasteiger partial charge in [0.2, 0.25) is 0 Å². The van der Waals surface area contributed by atoms with Gasteiger partial charge in [-0.1, -0.05) is 11.6 Å². The lowest BCUT2D eigenvalue weighted by Crippen LogP contribution is -2.39. The molecule has 0 aliphatic heterocycles. The number of nitrogens with two attached hydrogens (primary N) is 1. The average Bonchev–Trinajstić information content (AvgIpc) is 1.86. The fourth-order valence-corrected chi connectivity index (χ4v) is 1.66. The first-order valence-electron chi connectivity index (χ1n) is 4.07. The van der Waals surface area contributed by atoms with E-state index in [1.54, 1.807) is 0 Å². The van der Waals surface area contributed by atoms with Crippen LogP contribution in [0.1, 0.15) is 32.6 Å². The van der Waals surface area contributed by atoms with Crippen LogP contribution in [0, 0.1) is 12.3 Å². The lowest BCUT2D eigenvalue weighted by molar-refractivity contribution is 0.454. The van der Waals surface area contributed by atoms with Crippen LogP contribution in [0.2, 0.25) is 0 Å². The maximum Gasteiger partial charge on any atom is 0.0452 e. The highest BCUT2D eigenvalue weighted by atomic mass is 14.7. The van der Waals surface area contributed by atoms with E-state index in [1.165, 1.54) is 18.4 Å². The van der Waals surface area contributed by atoms with Gasteiger partial charge in [0.1, 0.15) is 0 Å². The van der Waals surface area contributed by atoms with Gasteiger partial charge in [-0.05, 0) is 26.2 Å². The summed E-state index contributed by atoms with van der Waals surface area (Å²) < 4.78 is 0. The molecule has 1 atom stereocenters. The van der Waals surface area contributed by atoms with Crippen LogP contribution >= 0.6 is 0 Å². The second kappa shape index (κ2) is 3.11. The van der Waals surface area contributed by atoms with Crippen LogP contribution in [0.15, 0.2) is 11.6 Å². The lowest BCUT2D eigenvalue weighted by atomic mass is 9.83. The molecule has 1 aliphatic carbocycles. The Balaban J connectivity index is 2.71. The number of hydrogen-bond donors (Lipinski definition) is 1. The van der Waals surface area contributed by atoms with Gasteiger partial charge in [0.25, 0.3) is 0 Å². The fourth-order valence-electron chi connectivity index (χ4n) is 1.66. The normalized spacial score (nSPS) is 30.8. The molecule has 0 radical (unpaired) electrons. The van der Waals surface area contributed by atoms with Crippen molar-refractivity contribution in [2.75, 3.05) is 0 Å². The zero-order valence-electron chi connectivity index (χ0n) is 7.06. The van der Waals surface area contributed by atoms with Gasteiger partial charge in [-0.15, -0.1) is 12.3 Å². The largest absolute Gasteiger partial charge is 0.321 e. The predicted octanol–water partition coefficient (Wildman–Crippen LogP) is 1.84. The number of hydrogen-bond acceptors (Lipinski definition) is 1. The summed E-state index contributed by atoms with van der Waals surface area (Å²) in [6.45, 7) is 2.12. The summed E-state index contributed by atoms with van der Waals surface area (Å²) in [5.74, 6) is 2.63. The van der Waals surface area contributed by atoms with Crippen LogP contribution in [0.5, 0.6) is 0 Å². The minimum absolute atomic E-state index is 0.197. The highest BCUT2D eigenvalue weighted by Gasteiger charge is 2.23. The van der Waals surface area contributed by atoms with Gasteiger partial charge < -0.3 is 5.73 Å². The summed E-state index contributed by atoms with van der Waals surface area (Å²) in [7, 11) is 0. The van der Waals surface area contributed by atoms with Gasteiger partial charge in [-0.3, -0.25) is 0 Å². The van der Waals surface area contributed by atoms with Gasteiger partial charge in [-0.2, -0.15) is 0 Å². The van der Waals surface area contributed by atoms with E-state index < -0.39 is 0 Å². The quantitative estimate of drug-likeness (QED) is 0.447. The molecule has 1 nitrogen and oxygen atoms in total. The van der Waals surface area contributed by atoms with Crippen molar-refractivity contribution in [2.45, 2.75) is 38.1 Å². The van der Waals surface area contributed by atoms with Crippen LogP contribution in [-0.2, 0) is 0 Å². The molecule has 0 bridgehead atoms. The molecule has 0 aromatic carbocycles. The third-order valence-electron chi connectivity index (χ3n) is 2.18. The molecule has 0 fully saturated rings. The van der Waals surface area contributed by atoms with Gasteiger partial charge in [0.05, 0.1) is 0 Å². The van der Waals surface area contributed by atoms with Crippen molar-refractivity contribution in [1.29, 1.82) is 0 Å². The van der Waals surface area contributed by atoms with E-state index in [2.05, 4.69) is 18.9 Å². The molecule has 2 N–H and O–H groups in total. The molecule has 0 spiro atoms. The molecule has 1 unspecified atom stereocenters. The first kappa shape index (κ1) is 8.36. The summed E-state index contributed by atoms with van der Waals surface area (Å²) in [4.78, 5) is 0. The standard InChI is InChI=1S/C10H15N/c1-3-6-10(11)7-4-5-9(2)8-10/h1,8H,4-7,11H2,2H3. The Morgan fingerprint density at radius 1 is 1.82 bits per heavy atom. The van der Waals surface area contributed by atoms with Crippen molar-refractivity contribution in [1.82, 2.24) is 0 Å². The predicted molar refractivity (Wildman–Crippen MR) is 48.0 cm³/mol. The van der Waals surface area contributed by atoms with Gasteiger partial charge in [0, 0.05) is 12.0 Å². The zero-order valence-corrected chi connectivity index (χ0v) is 7.06. The first-order chi connectivity index (χ1) is 5.16. The Morgan fingerprint density at radius 2 is 2.55 bits per heavy atom. The molecule has 0 saturated heterocycles. The maximum atomic E-state index is 6.04. The fraction of sp³-hybridized carbons (Fsp3) is 0.600. The maximum absolute atomic E-state index is 6.04. The Bertz CT molecular complexity index is 209. The molecular formula is C10H15N. The van der Waals surface area contributed by atoms with Gasteiger partial charge in [0.15, 0.2) is 0 Å². The Kier molecular flexibility index (Phi) is 2.36. The Hall–Kier alpha value is -0.740. The van der Waals surface area contributed by atoms with E-state index >= 15 is 0 Å². The minimum atomic E-state index is -0.197. The summed E-state index contributed by atoms with van der Waals surface area (Å²) in [6.07, 6.45) is 11.4. The molecule has 60 valence electrons. The van der Waals surface area contributed by atoms with Crippen LogP contribution < -0.4 is 5.73 Å². The van der Waals surface area contributed by atoms with Crippen molar-refractivity contribution < 1.29 is 0 Å². The van der Waals surface area contributed by atoms with Gasteiger partial charge >= 0.3 is 0 Å². The highest BCUT2D eigenvalue weighted by Crippen LogP contribution is 2.26. The number of rotatable bonds is 1. The van der Waals surface area contributed by atoms with E-state index in [4.69, 9.17) is 12.2 Å². The smallest absolute Gasteiger partial charge is 0.0452 e. The van der Waals surface area contributed by atoms with E-state index in [1.807, 2.05) is 0 Å². The summed E-state index contributed by atoms with van der Waals surface area (Å²) >= 11 is 0. The van der Waals surface area contributed by atoms with Crippen molar-refractivity contribution in [3.05, 3.63) is 11.6 Å². The molecule has 1 heteroatoms. The summed E-state index contributed by atoms with van der Waals surface area (Å²) in [6, 6.07) is 0. The van der Waals surface area contributed by atoms with Crippen LogP contribution in [0.3, 0.4) is 0 Å². The van der Waals surface area contributed by atoms with Crippen molar-refractivity contribution in [3.8, 4) is 12.3 Å². The van der Waals surface area contributed by atoms with E-state index in [9.17, 15) is 0 Å². The van der Waals surface area contributed by atoms with Crippen molar-refractivity contribution >= 4 is 0 Å². The second-order valence-corrected chi connectivity index (χ2v) is 3.46. The topological polar surface area (TPSA) is 26.0 Å². The lowest BCUT2D eigenvalue weighted by Gasteiger charge is -2.28. The molecule has 11 heavy (non-hydrogen) atoms. The van der Waals surface area contributed by atoms with Crippen molar-refractivity contribution in [2.24, 2.45) is 5.73 Å².